The number of amides is 1. The number of methoxy groups -OCH3 is 1. The molecule has 3 aromatic rings. The lowest BCUT2D eigenvalue weighted by Crippen LogP contribution is -2.15. The second kappa shape index (κ2) is 5.81. The van der Waals surface area contributed by atoms with Crippen molar-refractivity contribution in [3.63, 3.8) is 0 Å². The first kappa shape index (κ1) is 14.6. The van der Waals surface area contributed by atoms with Gasteiger partial charge in [0.2, 0.25) is 0 Å². The van der Waals surface area contributed by atoms with Crippen molar-refractivity contribution in [3.8, 4) is 5.75 Å². The average molecular weight is 360 g/mol. The number of nitrogens with zero attached hydrogens (tertiary/aromatic N) is 2. The molecule has 0 fully saturated rings. The van der Waals surface area contributed by atoms with Crippen LogP contribution in [-0.4, -0.2) is 22.4 Å². The van der Waals surface area contributed by atoms with Gasteiger partial charge in [-0.2, -0.15) is 0 Å². The van der Waals surface area contributed by atoms with Crippen molar-refractivity contribution in [1.82, 2.24) is 9.38 Å². The number of aromatic nitrogens is 2. The van der Waals surface area contributed by atoms with Crippen molar-refractivity contribution in [2.45, 2.75) is 6.92 Å². The molecule has 0 radical (unpaired) electrons. The number of imidazole rings is 1. The number of nitrogens with one attached hydrogen (secondary N) is 1. The third-order valence-electron chi connectivity index (χ3n) is 3.32. The lowest BCUT2D eigenvalue weighted by atomic mass is 10.2. The molecule has 22 heavy (non-hydrogen) atoms. The maximum Gasteiger partial charge on any atom is 0.274 e. The first-order valence-corrected chi connectivity index (χ1v) is 7.47. The van der Waals surface area contributed by atoms with E-state index in [1.807, 2.05) is 25.3 Å². The van der Waals surface area contributed by atoms with Crippen LogP contribution < -0.4 is 10.1 Å². The number of rotatable bonds is 3. The summed E-state index contributed by atoms with van der Waals surface area (Å²) in [6.45, 7) is 1.82. The minimum atomic E-state index is -0.201. The van der Waals surface area contributed by atoms with E-state index in [0.717, 1.165) is 15.9 Å². The van der Waals surface area contributed by atoms with Gasteiger partial charge < -0.3 is 10.1 Å². The van der Waals surface area contributed by atoms with Gasteiger partial charge in [0.25, 0.3) is 5.91 Å². The number of carbonyl (C=O) groups excluding carboxylic acids is 1. The lowest BCUT2D eigenvalue weighted by molar-refractivity contribution is 0.102. The largest absolute Gasteiger partial charge is 0.497 e. The predicted octanol–water partition coefficient (Wildman–Crippen LogP) is 3.67. The van der Waals surface area contributed by atoms with Gasteiger partial charge in [-0.05, 0) is 59.3 Å². The van der Waals surface area contributed by atoms with E-state index in [2.05, 4.69) is 26.2 Å². The topological polar surface area (TPSA) is 55.6 Å². The standard InChI is InChI=1S/C16H14BrN3O2/c1-10-15(20-9-11(17)3-8-14(20)18-10)16(21)19-12-4-6-13(22-2)7-5-12/h3-9H,1-2H3,(H,19,21). The molecule has 1 amide bonds. The maximum atomic E-state index is 12.6. The minimum absolute atomic E-state index is 0.201. The summed E-state index contributed by atoms with van der Waals surface area (Å²) in [4.78, 5) is 17.0. The molecule has 0 atom stereocenters. The van der Waals surface area contributed by atoms with E-state index in [1.165, 1.54) is 0 Å². The Balaban J connectivity index is 1.94. The van der Waals surface area contributed by atoms with Gasteiger partial charge in [-0.1, -0.05) is 0 Å². The van der Waals surface area contributed by atoms with Gasteiger partial charge in [0, 0.05) is 16.4 Å². The fourth-order valence-electron chi connectivity index (χ4n) is 2.27. The van der Waals surface area contributed by atoms with Crippen LogP contribution in [0.5, 0.6) is 5.75 Å². The van der Waals surface area contributed by atoms with Crippen LogP contribution in [0.1, 0.15) is 16.2 Å². The maximum absolute atomic E-state index is 12.6. The van der Waals surface area contributed by atoms with E-state index in [1.54, 1.807) is 35.8 Å². The third kappa shape index (κ3) is 2.69. The van der Waals surface area contributed by atoms with Crippen LogP contribution in [0.3, 0.4) is 0 Å². The molecule has 0 saturated heterocycles. The van der Waals surface area contributed by atoms with Crippen LogP contribution in [-0.2, 0) is 0 Å². The van der Waals surface area contributed by atoms with E-state index in [-0.39, 0.29) is 5.91 Å². The molecule has 2 aromatic heterocycles. The van der Waals surface area contributed by atoms with Crippen LogP contribution in [0, 0.1) is 6.92 Å². The quantitative estimate of drug-likeness (QED) is 0.776. The van der Waals surface area contributed by atoms with Crippen LogP contribution in [0.15, 0.2) is 47.1 Å². The summed E-state index contributed by atoms with van der Waals surface area (Å²) in [5.74, 6) is 0.543. The monoisotopic (exact) mass is 359 g/mol. The Morgan fingerprint density at radius 1 is 1.23 bits per heavy atom. The van der Waals surface area contributed by atoms with Crippen molar-refractivity contribution in [2.24, 2.45) is 0 Å². The zero-order valence-electron chi connectivity index (χ0n) is 12.1. The first-order chi connectivity index (χ1) is 10.6. The molecule has 0 bridgehead atoms. The number of ether oxygens (including phenoxy) is 1. The predicted molar refractivity (Wildman–Crippen MR) is 88.6 cm³/mol. The fraction of sp³-hybridized carbons (Fsp3) is 0.125. The fourth-order valence-corrected chi connectivity index (χ4v) is 2.61. The molecule has 1 N–H and O–H groups in total. The molecule has 0 unspecified atom stereocenters. The zero-order chi connectivity index (χ0) is 15.7. The highest BCUT2D eigenvalue weighted by atomic mass is 79.9. The first-order valence-electron chi connectivity index (χ1n) is 6.68. The summed E-state index contributed by atoms with van der Waals surface area (Å²) in [6.07, 6.45) is 1.83. The Hall–Kier alpha value is -2.34. The highest BCUT2D eigenvalue weighted by molar-refractivity contribution is 9.10. The van der Waals surface area contributed by atoms with Gasteiger partial charge >= 0.3 is 0 Å². The van der Waals surface area contributed by atoms with Crippen molar-refractivity contribution in [2.75, 3.05) is 12.4 Å². The SMILES string of the molecule is COc1ccc(NC(=O)c2c(C)nc3ccc(Br)cn23)cc1. The van der Waals surface area contributed by atoms with Gasteiger partial charge in [-0.25, -0.2) is 4.98 Å². The Morgan fingerprint density at radius 2 is 1.95 bits per heavy atom. The van der Waals surface area contributed by atoms with Crippen molar-refractivity contribution in [1.29, 1.82) is 0 Å². The molecule has 2 heterocycles. The number of anilines is 1. The lowest BCUT2D eigenvalue weighted by Gasteiger charge is -2.07. The number of pyridine rings is 1. The molecule has 0 aliphatic carbocycles. The van der Waals surface area contributed by atoms with Crippen LogP contribution >= 0.6 is 15.9 Å². The minimum Gasteiger partial charge on any atom is -0.497 e. The Bertz CT molecular complexity index is 840. The molecular weight excluding hydrogens is 346 g/mol. The summed E-state index contributed by atoms with van der Waals surface area (Å²) < 4.78 is 7.77. The molecule has 5 nitrogen and oxygen atoms in total. The second-order valence-electron chi connectivity index (χ2n) is 4.80. The van der Waals surface area contributed by atoms with Gasteiger partial charge in [0.1, 0.15) is 17.1 Å². The van der Waals surface area contributed by atoms with Gasteiger partial charge in [0.05, 0.1) is 12.8 Å². The van der Waals surface area contributed by atoms with Gasteiger partial charge in [0.15, 0.2) is 0 Å². The van der Waals surface area contributed by atoms with E-state index >= 15 is 0 Å². The van der Waals surface area contributed by atoms with Gasteiger partial charge in [-0.3, -0.25) is 9.20 Å². The Morgan fingerprint density at radius 3 is 2.64 bits per heavy atom. The molecular formula is C16H14BrN3O2. The second-order valence-corrected chi connectivity index (χ2v) is 5.72. The summed E-state index contributed by atoms with van der Waals surface area (Å²) in [7, 11) is 1.60. The highest BCUT2D eigenvalue weighted by Crippen LogP contribution is 2.19. The number of hydrogen-bond donors (Lipinski definition) is 1. The number of carbonyl (C=O) groups is 1. The van der Waals surface area contributed by atoms with E-state index in [0.29, 0.717) is 17.1 Å². The third-order valence-corrected chi connectivity index (χ3v) is 3.79. The van der Waals surface area contributed by atoms with Crippen molar-refractivity contribution < 1.29 is 9.53 Å². The van der Waals surface area contributed by atoms with Crippen LogP contribution in [0.2, 0.25) is 0 Å². The summed E-state index contributed by atoms with van der Waals surface area (Å²) in [5, 5.41) is 2.88. The number of benzene rings is 1. The molecule has 0 saturated carbocycles. The molecule has 1 aromatic carbocycles. The van der Waals surface area contributed by atoms with Crippen molar-refractivity contribution in [3.05, 3.63) is 58.5 Å². The number of aryl methyl sites for hydroxylation is 1. The summed E-state index contributed by atoms with van der Waals surface area (Å²) in [5.41, 5.74) is 2.65. The highest BCUT2D eigenvalue weighted by Gasteiger charge is 2.16. The van der Waals surface area contributed by atoms with Crippen LogP contribution in [0.4, 0.5) is 5.69 Å². The molecule has 0 spiro atoms. The molecule has 6 heteroatoms. The van der Waals surface area contributed by atoms with E-state index < -0.39 is 0 Å². The zero-order valence-corrected chi connectivity index (χ0v) is 13.7. The molecule has 3 rings (SSSR count). The van der Waals surface area contributed by atoms with Crippen molar-refractivity contribution >= 4 is 33.2 Å². The normalized spacial score (nSPS) is 10.7. The molecule has 112 valence electrons. The summed E-state index contributed by atoms with van der Waals surface area (Å²) in [6, 6.07) is 11.0. The number of hydrogen-bond acceptors (Lipinski definition) is 3. The average Bonchev–Trinajstić information content (AvgIpc) is 2.83. The Kier molecular flexibility index (Phi) is 3.85. The smallest absolute Gasteiger partial charge is 0.274 e. The Labute approximate surface area is 136 Å². The van der Waals surface area contributed by atoms with Crippen LogP contribution in [0.25, 0.3) is 5.65 Å². The summed E-state index contributed by atoms with van der Waals surface area (Å²) >= 11 is 3.41. The number of halogens is 1. The number of fused-ring (bicyclic) bond motifs is 1. The van der Waals surface area contributed by atoms with E-state index in [4.69, 9.17) is 4.74 Å². The van der Waals surface area contributed by atoms with E-state index in [9.17, 15) is 4.79 Å². The van der Waals surface area contributed by atoms with Gasteiger partial charge in [-0.15, -0.1) is 0 Å². The molecule has 0 aliphatic rings. The molecule has 0 aliphatic heterocycles.